The largest absolute Gasteiger partial charge is 0.396 e. The van der Waals surface area contributed by atoms with E-state index in [0.29, 0.717) is 6.54 Å². The molecule has 0 unspecified atom stereocenters. The fraction of sp³-hybridized carbons (Fsp3) is 0.556. The number of nitrogens with two attached hydrogens (primary N) is 1. The highest BCUT2D eigenvalue weighted by Crippen LogP contribution is 2.25. The molecule has 0 fully saturated rings. The molecule has 0 bridgehead atoms. The Morgan fingerprint density at radius 3 is 1.91 bits per heavy atom. The number of hydrogen-bond acceptors (Lipinski definition) is 2. The van der Waals surface area contributed by atoms with E-state index in [0.717, 1.165) is 12.8 Å². The highest BCUT2D eigenvalue weighted by molar-refractivity contribution is 4.91. The van der Waals surface area contributed by atoms with Gasteiger partial charge in [-0.3, -0.25) is 0 Å². The van der Waals surface area contributed by atoms with Crippen LogP contribution in [-0.2, 0) is 0 Å². The molecule has 0 spiro atoms. The molecule has 11 heavy (non-hydrogen) atoms. The van der Waals surface area contributed by atoms with Crippen molar-refractivity contribution in [2.24, 2.45) is 11.1 Å². The third-order valence-corrected chi connectivity index (χ3v) is 1.92. The molecule has 0 heterocycles. The van der Waals surface area contributed by atoms with Crippen LogP contribution in [0.5, 0.6) is 0 Å². The van der Waals surface area contributed by atoms with E-state index < -0.39 is 0 Å². The van der Waals surface area contributed by atoms with Gasteiger partial charge in [0.2, 0.25) is 0 Å². The predicted molar refractivity (Wildman–Crippen MR) is 48.2 cm³/mol. The smallest absolute Gasteiger partial charge is 0.0505 e. The fourth-order valence-corrected chi connectivity index (χ4v) is 1.06. The Labute approximate surface area is 68.4 Å². The van der Waals surface area contributed by atoms with E-state index in [4.69, 9.17) is 10.8 Å². The van der Waals surface area contributed by atoms with E-state index in [9.17, 15) is 0 Å². The van der Waals surface area contributed by atoms with Gasteiger partial charge in [0.25, 0.3) is 0 Å². The lowest BCUT2D eigenvalue weighted by atomic mass is 9.82. The van der Waals surface area contributed by atoms with Gasteiger partial charge in [0.15, 0.2) is 0 Å². The molecule has 3 N–H and O–H groups in total. The van der Waals surface area contributed by atoms with Crippen LogP contribution in [0.3, 0.4) is 0 Å². The van der Waals surface area contributed by atoms with Gasteiger partial charge in [-0.1, -0.05) is 12.2 Å². The first-order valence-corrected chi connectivity index (χ1v) is 3.77. The van der Waals surface area contributed by atoms with Gasteiger partial charge >= 0.3 is 0 Å². The van der Waals surface area contributed by atoms with Gasteiger partial charge in [-0.2, -0.15) is 0 Å². The van der Waals surface area contributed by atoms with Gasteiger partial charge in [-0.15, -0.1) is 13.2 Å². The molecule has 0 aromatic carbocycles. The summed E-state index contributed by atoms with van der Waals surface area (Å²) in [5.41, 5.74) is 5.32. The first kappa shape index (κ1) is 10.4. The van der Waals surface area contributed by atoms with Crippen molar-refractivity contribution in [1.82, 2.24) is 0 Å². The van der Waals surface area contributed by atoms with Crippen LogP contribution in [0.25, 0.3) is 0 Å². The lowest BCUT2D eigenvalue weighted by Crippen LogP contribution is -2.33. The molecule has 64 valence electrons. The second kappa shape index (κ2) is 5.10. The van der Waals surface area contributed by atoms with Gasteiger partial charge in [-0.25, -0.2) is 0 Å². The molecule has 0 aromatic rings. The van der Waals surface area contributed by atoms with E-state index in [2.05, 4.69) is 13.2 Å². The maximum Gasteiger partial charge on any atom is 0.0505 e. The summed E-state index contributed by atoms with van der Waals surface area (Å²) < 4.78 is 0. The molecule has 0 aliphatic rings. The Morgan fingerprint density at radius 2 is 1.73 bits per heavy atom. The molecule has 2 nitrogen and oxygen atoms in total. The minimum Gasteiger partial charge on any atom is -0.396 e. The third-order valence-electron chi connectivity index (χ3n) is 1.92. The normalized spacial score (nSPS) is 11.1. The average molecular weight is 155 g/mol. The summed E-state index contributed by atoms with van der Waals surface area (Å²) in [6.07, 6.45) is 5.05. The molecule has 0 radical (unpaired) electrons. The van der Waals surface area contributed by atoms with Crippen molar-refractivity contribution < 1.29 is 5.11 Å². The van der Waals surface area contributed by atoms with Gasteiger partial charge in [0, 0.05) is 12.0 Å². The summed E-state index contributed by atoms with van der Waals surface area (Å²) in [4.78, 5) is 0. The lowest BCUT2D eigenvalue weighted by Gasteiger charge is -2.27. The quantitative estimate of drug-likeness (QED) is 0.564. The zero-order valence-electron chi connectivity index (χ0n) is 6.92. The summed E-state index contributed by atoms with van der Waals surface area (Å²) >= 11 is 0. The van der Waals surface area contributed by atoms with Gasteiger partial charge in [-0.05, 0) is 12.8 Å². The lowest BCUT2D eigenvalue weighted by molar-refractivity contribution is 0.137. The van der Waals surface area contributed by atoms with Crippen molar-refractivity contribution in [2.45, 2.75) is 12.8 Å². The highest BCUT2D eigenvalue weighted by Gasteiger charge is 2.24. The Hall–Kier alpha value is -0.600. The molecule has 0 aromatic heterocycles. The van der Waals surface area contributed by atoms with E-state index in [1.807, 2.05) is 0 Å². The van der Waals surface area contributed by atoms with Crippen LogP contribution in [0, 0.1) is 5.41 Å². The van der Waals surface area contributed by atoms with Gasteiger partial charge in [0.05, 0.1) is 6.61 Å². The van der Waals surface area contributed by atoms with Gasteiger partial charge in [0.1, 0.15) is 0 Å². The van der Waals surface area contributed by atoms with Crippen LogP contribution in [0.15, 0.2) is 25.3 Å². The minimum absolute atomic E-state index is 0.0987. The molecule has 2 heteroatoms. The molecule has 0 saturated carbocycles. The average Bonchev–Trinajstić information content (AvgIpc) is 2.04. The van der Waals surface area contributed by atoms with Crippen molar-refractivity contribution in [3.05, 3.63) is 25.3 Å². The molecular formula is C9H17NO. The fourth-order valence-electron chi connectivity index (χ4n) is 1.06. The highest BCUT2D eigenvalue weighted by atomic mass is 16.3. The molecule has 0 aliphatic heterocycles. The van der Waals surface area contributed by atoms with Crippen LogP contribution in [0.4, 0.5) is 0 Å². The van der Waals surface area contributed by atoms with Crippen LogP contribution >= 0.6 is 0 Å². The zero-order chi connectivity index (χ0) is 8.74. The Morgan fingerprint density at radius 1 is 1.27 bits per heavy atom. The monoisotopic (exact) mass is 155 g/mol. The first-order chi connectivity index (χ1) is 5.24. The summed E-state index contributed by atoms with van der Waals surface area (Å²) in [5.74, 6) is 0. The summed E-state index contributed by atoms with van der Waals surface area (Å²) in [6, 6.07) is 0. The first-order valence-electron chi connectivity index (χ1n) is 3.77. The SMILES string of the molecule is C=CCC(CN)(CO)CC=C. The standard InChI is InChI=1S/C9H17NO/c1-3-5-9(7-10,8-11)6-4-2/h3-4,11H,1-2,5-8,10H2. The minimum atomic E-state index is -0.219. The topological polar surface area (TPSA) is 46.2 Å². The van der Waals surface area contributed by atoms with Crippen molar-refractivity contribution in [2.75, 3.05) is 13.2 Å². The van der Waals surface area contributed by atoms with E-state index >= 15 is 0 Å². The Bertz CT molecular complexity index is 116. The molecule has 0 aliphatic carbocycles. The van der Waals surface area contributed by atoms with Crippen molar-refractivity contribution in [3.8, 4) is 0 Å². The Balaban J connectivity index is 4.17. The van der Waals surface area contributed by atoms with E-state index in [-0.39, 0.29) is 12.0 Å². The van der Waals surface area contributed by atoms with Gasteiger partial charge < -0.3 is 10.8 Å². The molecular weight excluding hydrogens is 138 g/mol. The van der Waals surface area contributed by atoms with E-state index in [1.165, 1.54) is 0 Å². The second-order valence-corrected chi connectivity index (χ2v) is 2.85. The summed E-state index contributed by atoms with van der Waals surface area (Å²) in [7, 11) is 0. The maximum absolute atomic E-state index is 9.06. The van der Waals surface area contributed by atoms with Crippen LogP contribution in [0.1, 0.15) is 12.8 Å². The molecule has 0 amide bonds. The van der Waals surface area contributed by atoms with Crippen molar-refractivity contribution in [3.63, 3.8) is 0 Å². The number of aliphatic hydroxyl groups excluding tert-OH is 1. The number of aliphatic hydroxyl groups is 1. The maximum atomic E-state index is 9.06. The number of allylic oxidation sites excluding steroid dienone is 2. The molecule has 0 atom stereocenters. The molecule has 0 saturated heterocycles. The van der Waals surface area contributed by atoms with Crippen LogP contribution in [0.2, 0.25) is 0 Å². The van der Waals surface area contributed by atoms with E-state index in [1.54, 1.807) is 12.2 Å². The van der Waals surface area contributed by atoms with Crippen LogP contribution < -0.4 is 5.73 Å². The van der Waals surface area contributed by atoms with Crippen LogP contribution in [-0.4, -0.2) is 18.3 Å². The predicted octanol–water partition coefficient (Wildman–Crippen LogP) is 1.08. The second-order valence-electron chi connectivity index (χ2n) is 2.85. The molecule has 0 rings (SSSR count). The summed E-state index contributed by atoms with van der Waals surface area (Å²) in [5, 5.41) is 9.06. The number of hydrogen-bond donors (Lipinski definition) is 2. The van der Waals surface area contributed by atoms with Crippen molar-refractivity contribution >= 4 is 0 Å². The number of rotatable bonds is 6. The van der Waals surface area contributed by atoms with Crippen molar-refractivity contribution in [1.29, 1.82) is 0 Å². The zero-order valence-corrected chi connectivity index (χ0v) is 6.92. The third kappa shape index (κ3) is 2.87. The Kier molecular flexibility index (Phi) is 4.83. The summed E-state index contributed by atoms with van der Waals surface area (Å²) in [6.45, 7) is 7.82.